The van der Waals surface area contributed by atoms with E-state index in [0.717, 1.165) is 41.0 Å². The highest BCUT2D eigenvalue weighted by Crippen LogP contribution is 2.30. The lowest BCUT2D eigenvalue weighted by molar-refractivity contribution is 0.128. The molecule has 3 rings (SSSR count). The number of fused-ring (bicyclic) bond motifs is 1. The van der Waals surface area contributed by atoms with Crippen molar-refractivity contribution in [2.75, 3.05) is 17.6 Å². The highest BCUT2D eigenvalue weighted by Gasteiger charge is 2.16. The van der Waals surface area contributed by atoms with Crippen molar-refractivity contribution >= 4 is 22.3 Å². The molecular weight excluding hydrogens is 310 g/mol. The third kappa shape index (κ3) is 3.64. The van der Waals surface area contributed by atoms with Gasteiger partial charge >= 0.3 is 0 Å². The zero-order valence-electron chi connectivity index (χ0n) is 15.1. The lowest BCUT2D eigenvalue weighted by atomic mass is 9.96. The van der Waals surface area contributed by atoms with Crippen molar-refractivity contribution in [2.45, 2.75) is 33.3 Å². The highest BCUT2D eigenvalue weighted by atomic mass is 16.3. The molecular formula is C21H27N3O. The fourth-order valence-corrected chi connectivity index (χ4v) is 3.27. The number of aryl methyl sites for hydroxylation is 1. The van der Waals surface area contributed by atoms with Gasteiger partial charge in [-0.1, -0.05) is 32.0 Å². The molecule has 0 radical (unpaired) electrons. The minimum Gasteiger partial charge on any atom is -0.399 e. The van der Waals surface area contributed by atoms with Gasteiger partial charge in [-0.3, -0.25) is 0 Å². The molecule has 0 spiro atoms. The fraction of sp³-hybridized carbons (Fsp3) is 0.333. The monoisotopic (exact) mass is 337 g/mol. The van der Waals surface area contributed by atoms with Crippen LogP contribution in [0.25, 0.3) is 10.9 Å². The van der Waals surface area contributed by atoms with E-state index in [9.17, 15) is 5.11 Å². The number of aliphatic hydroxyl groups excluding tert-OH is 1. The van der Waals surface area contributed by atoms with Crippen molar-refractivity contribution in [3.05, 3.63) is 59.3 Å². The van der Waals surface area contributed by atoms with E-state index < -0.39 is 6.10 Å². The van der Waals surface area contributed by atoms with Crippen LogP contribution in [0.2, 0.25) is 0 Å². The predicted octanol–water partition coefficient (Wildman–Crippen LogP) is 4.40. The first-order chi connectivity index (χ1) is 12.0. The van der Waals surface area contributed by atoms with Crippen LogP contribution in [0.5, 0.6) is 0 Å². The smallest absolute Gasteiger partial charge is 0.0833 e. The molecule has 1 atom stereocenters. The van der Waals surface area contributed by atoms with Gasteiger partial charge in [0.25, 0.3) is 0 Å². The fourth-order valence-electron chi connectivity index (χ4n) is 3.27. The number of nitrogen functional groups attached to an aromatic ring is 1. The van der Waals surface area contributed by atoms with Gasteiger partial charge in [-0.2, -0.15) is 0 Å². The van der Waals surface area contributed by atoms with E-state index in [2.05, 4.69) is 29.5 Å². The van der Waals surface area contributed by atoms with Gasteiger partial charge in [-0.05, 0) is 48.6 Å². The lowest BCUT2D eigenvalue weighted by Crippen LogP contribution is -2.07. The van der Waals surface area contributed by atoms with Gasteiger partial charge < -0.3 is 21.1 Å². The van der Waals surface area contributed by atoms with E-state index in [0.29, 0.717) is 0 Å². The molecule has 3 aromatic rings. The number of anilines is 2. The number of aliphatic hydroxyl groups is 1. The molecule has 1 aromatic heterocycles. The maximum absolute atomic E-state index is 10.4. The molecule has 2 aromatic carbocycles. The molecule has 1 heterocycles. The average Bonchev–Trinajstić information content (AvgIpc) is 2.99. The molecule has 0 aliphatic carbocycles. The first-order valence-corrected chi connectivity index (χ1v) is 8.84. The van der Waals surface area contributed by atoms with E-state index in [1.165, 1.54) is 10.9 Å². The summed E-state index contributed by atoms with van der Waals surface area (Å²) in [6.07, 6.45) is 2.51. The van der Waals surface area contributed by atoms with Crippen LogP contribution in [0, 0.1) is 12.8 Å². The third-order valence-electron chi connectivity index (χ3n) is 4.74. The molecule has 0 saturated carbocycles. The van der Waals surface area contributed by atoms with Gasteiger partial charge in [0.05, 0.1) is 11.6 Å². The third-order valence-corrected chi connectivity index (χ3v) is 4.74. The Labute approximate surface area is 149 Å². The highest BCUT2D eigenvalue weighted by molar-refractivity contribution is 5.86. The molecule has 25 heavy (non-hydrogen) atoms. The number of hydrogen-bond acceptors (Lipinski definition) is 3. The second-order valence-corrected chi connectivity index (χ2v) is 7.02. The van der Waals surface area contributed by atoms with Crippen LogP contribution in [0.4, 0.5) is 11.4 Å². The maximum atomic E-state index is 10.4. The van der Waals surface area contributed by atoms with E-state index in [4.69, 9.17) is 5.73 Å². The average molecular weight is 337 g/mol. The summed E-state index contributed by atoms with van der Waals surface area (Å²) < 4.78 is 0. The van der Waals surface area contributed by atoms with Gasteiger partial charge in [0, 0.05) is 35.1 Å². The first kappa shape index (κ1) is 17.4. The topological polar surface area (TPSA) is 74.1 Å². The number of hydrogen-bond donors (Lipinski definition) is 4. The Morgan fingerprint density at radius 1 is 1.20 bits per heavy atom. The van der Waals surface area contributed by atoms with Crippen molar-refractivity contribution in [3.63, 3.8) is 0 Å². The largest absolute Gasteiger partial charge is 0.399 e. The van der Waals surface area contributed by atoms with E-state index in [-0.39, 0.29) is 5.92 Å². The number of nitrogens with two attached hydrogens (primary N) is 1. The van der Waals surface area contributed by atoms with Crippen LogP contribution >= 0.6 is 0 Å². The summed E-state index contributed by atoms with van der Waals surface area (Å²) in [5, 5.41) is 15.1. The first-order valence-electron chi connectivity index (χ1n) is 8.84. The summed E-state index contributed by atoms with van der Waals surface area (Å²) in [5.41, 5.74) is 12.1. The van der Waals surface area contributed by atoms with Crippen molar-refractivity contribution in [2.24, 2.45) is 5.92 Å². The molecule has 4 nitrogen and oxygen atoms in total. The lowest BCUT2D eigenvalue weighted by Gasteiger charge is -2.15. The van der Waals surface area contributed by atoms with Crippen LogP contribution in [0.1, 0.15) is 36.6 Å². The normalized spacial score (nSPS) is 12.7. The Morgan fingerprint density at radius 2 is 2.00 bits per heavy atom. The minimum atomic E-state index is -0.453. The Balaban J connectivity index is 1.75. The Kier molecular flexibility index (Phi) is 5.00. The quantitative estimate of drug-likeness (QED) is 0.504. The summed E-state index contributed by atoms with van der Waals surface area (Å²) in [5.74, 6) is 0.188. The molecule has 0 aliphatic rings. The SMILES string of the molecule is Cc1cc(N)ccc1NCCc1c[nH]c2c(C(O)C(C)C)cccc12. The number of rotatable bonds is 6. The van der Waals surface area contributed by atoms with Gasteiger partial charge in [0.1, 0.15) is 0 Å². The number of aromatic amines is 1. The van der Waals surface area contributed by atoms with Gasteiger partial charge in [0.15, 0.2) is 0 Å². The molecule has 5 N–H and O–H groups in total. The van der Waals surface area contributed by atoms with E-state index >= 15 is 0 Å². The standard InChI is InChI=1S/C21H27N3O/c1-13(2)21(25)18-6-4-5-17-15(12-24-20(17)18)9-10-23-19-8-7-16(22)11-14(19)3/h4-8,11-13,21,23-25H,9-10,22H2,1-3H3. The van der Waals surface area contributed by atoms with Crippen molar-refractivity contribution in [1.29, 1.82) is 0 Å². The summed E-state index contributed by atoms with van der Waals surface area (Å²) >= 11 is 0. The molecule has 0 fully saturated rings. The van der Waals surface area contributed by atoms with Crippen molar-refractivity contribution in [3.8, 4) is 0 Å². The number of nitrogens with one attached hydrogen (secondary N) is 2. The van der Waals surface area contributed by atoms with Gasteiger partial charge in [-0.15, -0.1) is 0 Å². The minimum absolute atomic E-state index is 0.188. The number of para-hydroxylation sites is 1. The molecule has 0 bridgehead atoms. The summed E-state index contributed by atoms with van der Waals surface area (Å²) in [6, 6.07) is 12.1. The maximum Gasteiger partial charge on any atom is 0.0833 e. The number of H-pyrrole nitrogens is 1. The molecule has 132 valence electrons. The molecule has 0 saturated heterocycles. The molecule has 4 heteroatoms. The van der Waals surface area contributed by atoms with Crippen LogP contribution in [0.15, 0.2) is 42.6 Å². The Bertz CT molecular complexity index is 867. The molecule has 1 unspecified atom stereocenters. The molecule has 0 amide bonds. The van der Waals surface area contributed by atoms with Gasteiger partial charge in [-0.25, -0.2) is 0 Å². The van der Waals surface area contributed by atoms with Crippen molar-refractivity contribution < 1.29 is 5.11 Å². The second kappa shape index (κ2) is 7.19. The Hall–Kier alpha value is -2.46. The summed E-state index contributed by atoms with van der Waals surface area (Å²) in [7, 11) is 0. The van der Waals surface area contributed by atoms with Crippen molar-refractivity contribution in [1.82, 2.24) is 4.98 Å². The predicted molar refractivity (Wildman–Crippen MR) is 106 cm³/mol. The molecule has 0 aliphatic heterocycles. The Morgan fingerprint density at radius 3 is 2.72 bits per heavy atom. The summed E-state index contributed by atoms with van der Waals surface area (Å²) in [4.78, 5) is 3.36. The van der Waals surface area contributed by atoms with E-state index in [1.54, 1.807) is 0 Å². The number of aromatic nitrogens is 1. The van der Waals surface area contributed by atoms with Crippen LogP contribution < -0.4 is 11.1 Å². The summed E-state index contributed by atoms with van der Waals surface area (Å²) in [6.45, 7) is 6.97. The zero-order chi connectivity index (χ0) is 18.0. The number of benzene rings is 2. The van der Waals surface area contributed by atoms with Crippen LogP contribution in [0.3, 0.4) is 0 Å². The van der Waals surface area contributed by atoms with Gasteiger partial charge in [0.2, 0.25) is 0 Å². The van der Waals surface area contributed by atoms with Crippen LogP contribution in [-0.4, -0.2) is 16.6 Å². The second-order valence-electron chi connectivity index (χ2n) is 7.02. The zero-order valence-corrected chi connectivity index (χ0v) is 15.1. The van der Waals surface area contributed by atoms with Crippen LogP contribution in [-0.2, 0) is 6.42 Å². The van der Waals surface area contributed by atoms with E-state index in [1.807, 2.05) is 44.2 Å².